The Morgan fingerprint density at radius 3 is 2.43 bits per heavy atom. The Balaban J connectivity index is 2.11. The SMILES string of the molecule is CCc1c(-c2ccccc2OC)c(C(N)=O)c(C)n1CCc1ccc(O)cc1. The van der Waals surface area contributed by atoms with Gasteiger partial charge in [-0.3, -0.25) is 4.79 Å². The number of aryl methyl sites for hydroxylation is 1. The number of amides is 1. The minimum atomic E-state index is -0.434. The van der Waals surface area contributed by atoms with E-state index < -0.39 is 5.91 Å². The maximum absolute atomic E-state index is 12.3. The third-order valence-corrected chi connectivity index (χ3v) is 5.15. The van der Waals surface area contributed by atoms with E-state index in [0.29, 0.717) is 5.56 Å². The molecule has 0 saturated heterocycles. The predicted octanol–water partition coefficient (Wildman–Crippen LogP) is 4.08. The highest BCUT2D eigenvalue weighted by Crippen LogP contribution is 2.38. The van der Waals surface area contributed by atoms with Gasteiger partial charge in [0.05, 0.1) is 12.7 Å². The molecule has 0 fully saturated rings. The maximum Gasteiger partial charge on any atom is 0.251 e. The highest BCUT2D eigenvalue weighted by atomic mass is 16.5. The topological polar surface area (TPSA) is 77.5 Å². The number of aromatic nitrogens is 1. The van der Waals surface area contributed by atoms with Crippen molar-refractivity contribution in [3.63, 3.8) is 0 Å². The van der Waals surface area contributed by atoms with Crippen molar-refractivity contribution in [3.8, 4) is 22.6 Å². The molecule has 3 rings (SSSR count). The molecule has 0 bridgehead atoms. The van der Waals surface area contributed by atoms with Gasteiger partial charge in [0.15, 0.2) is 0 Å². The van der Waals surface area contributed by atoms with E-state index in [1.54, 1.807) is 19.2 Å². The Morgan fingerprint density at radius 1 is 1.14 bits per heavy atom. The fourth-order valence-corrected chi connectivity index (χ4v) is 3.81. The lowest BCUT2D eigenvalue weighted by Crippen LogP contribution is -2.14. The molecule has 0 unspecified atom stereocenters. The molecule has 0 atom stereocenters. The lowest BCUT2D eigenvalue weighted by Gasteiger charge is -2.13. The number of primary amides is 1. The van der Waals surface area contributed by atoms with Crippen LogP contribution in [0.3, 0.4) is 0 Å². The Labute approximate surface area is 165 Å². The summed E-state index contributed by atoms with van der Waals surface area (Å²) in [5.41, 5.74) is 11.1. The fourth-order valence-electron chi connectivity index (χ4n) is 3.81. The van der Waals surface area contributed by atoms with Gasteiger partial charge in [-0.2, -0.15) is 0 Å². The molecule has 1 amide bonds. The normalized spacial score (nSPS) is 10.8. The van der Waals surface area contributed by atoms with Crippen LogP contribution in [0.5, 0.6) is 11.5 Å². The van der Waals surface area contributed by atoms with Gasteiger partial charge in [-0.25, -0.2) is 0 Å². The molecule has 3 aromatic rings. The van der Waals surface area contributed by atoms with Crippen LogP contribution in [0.1, 0.15) is 34.2 Å². The number of phenols is 1. The molecule has 146 valence electrons. The number of hydrogen-bond donors (Lipinski definition) is 2. The third-order valence-electron chi connectivity index (χ3n) is 5.15. The number of benzene rings is 2. The van der Waals surface area contributed by atoms with Gasteiger partial charge in [-0.1, -0.05) is 37.3 Å². The number of aromatic hydroxyl groups is 1. The van der Waals surface area contributed by atoms with Crippen molar-refractivity contribution in [2.75, 3.05) is 7.11 Å². The van der Waals surface area contributed by atoms with Crippen molar-refractivity contribution in [2.24, 2.45) is 5.73 Å². The molecule has 5 heteroatoms. The average molecular weight is 378 g/mol. The van der Waals surface area contributed by atoms with E-state index in [2.05, 4.69) is 11.5 Å². The monoisotopic (exact) mass is 378 g/mol. The second-order valence-electron chi connectivity index (χ2n) is 6.77. The van der Waals surface area contributed by atoms with E-state index in [-0.39, 0.29) is 5.75 Å². The summed E-state index contributed by atoms with van der Waals surface area (Å²) in [5, 5.41) is 9.48. The molecule has 1 aromatic heterocycles. The van der Waals surface area contributed by atoms with Crippen molar-refractivity contribution in [3.05, 3.63) is 71.0 Å². The highest BCUT2D eigenvalue weighted by molar-refractivity contribution is 6.03. The van der Waals surface area contributed by atoms with Crippen LogP contribution in [0.2, 0.25) is 0 Å². The average Bonchev–Trinajstić information content (AvgIpc) is 2.99. The van der Waals surface area contributed by atoms with E-state index in [9.17, 15) is 9.90 Å². The number of carbonyl (C=O) groups excluding carboxylic acids is 1. The largest absolute Gasteiger partial charge is 0.508 e. The molecular formula is C23H26N2O3. The van der Waals surface area contributed by atoms with E-state index in [1.807, 2.05) is 43.3 Å². The second-order valence-corrected chi connectivity index (χ2v) is 6.77. The van der Waals surface area contributed by atoms with Crippen LogP contribution in [0.4, 0.5) is 0 Å². The summed E-state index contributed by atoms with van der Waals surface area (Å²) in [5.74, 6) is 0.538. The molecule has 5 nitrogen and oxygen atoms in total. The van der Waals surface area contributed by atoms with Gasteiger partial charge in [-0.15, -0.1) is 0 Å². The predicted molar refractivity (Wildman–Crippen MR) is 111 cm³/mol. The number of nitrogens with two attached hydrogens (primary N) is 1. The molecule has 0 aliphatic heterocycles. The first-order chi connectivity index (χ1) is 13.5. The fraction of sp³-hybridized carbons (Fsp3) is 0.261. The minimum Gasteiger partial charge on any atom is -0.508 e. The number of nitrogens with zero attached hydrogens (tertiary/aromatic N) is 1. The lowest BCUT2D eigenvalue weighted by atomic mass is 9.98. The first-order valence-corrected chi connectivity index (χ1v) is 9.41. The summed E-state index contributed by atoms with van der Waals surface area (Å²) in [7, 11) is 1.63. The Kier molecular flexibility index (Phi) is 5.73. The van der Waals surface area contributed by atoms with Gasteiger partial charge in [0.25, 0.3) is 5.91 Å². The molecule has 0 aliphatic rings. The summed E-state index contributed by atoms with van der Waals surface area (Å²) in [4.78, 5) is 12.3. The number of para-hydroxylation sites is 1. The van der Waals surface area contributed by atoms with Crippen molar-refractivity contribution in [2.45, 2.75) is 33.2 Å². The standard InChI is InChI=1S/C23H26N2O3/c1-4-19-22(18-7-5-6-8-20(18)28-3)21(23(24)27)15(2)25(19)14-13-16-9-11-17(26)12-10-16/h5-12,26H,4,13-14H2,1-3H3,(H2,24,27). The zero-order valence-electron chi connectivity index (χ0n) is 16.5. The smallest absolute Gasteiger partial charge is 0.251 e. The number of hydrogen-bond acceptors (Lipinski definition) is 3. The van der Waals surface area contributed by atoms with Crippen LogP contribution in [-0.4, -0.2) is 22.7 Å². The Hall–Kier alpha value is -3.21. The summed E-state index contributed by atoms with van der Waals surface area (Å²) < 4.78 is 7.71. The lowest BCUT2D eigenvalue weighted by molar-refractivity contribution is 0.1000. The number of phenolic OH excluding ortho intramolecular Hbond substituents is 1. The Morgan fingerprint density at radius 2 is 1.82 bits per heavy atom. The molecular weight excluding hydrogens is 352 g/mol. The van der Waals surface area contributed by atoms with Crippen molar-refractivity contribution in [1.29, 1.82) is 0 Å². The summed E-state index contributed by atoms with van der Waals surface area (Å²) in [6, 6.07) is 14.9. The molecule has 3 N–H and O–H groups in total. The van der Waals surface area contributed by atoms with Crippen LogP contribution in [0.25, 0.3) is 11.1 Å². The van der Waals surface area contributed by atoms with Crippen LogP contribution >= 0.6 is 0 Å². The number of rotatable bonds is 7. The van der Waals surface area contributed by atoms with Crippen LogP contribution in [-0.2, 0) is 19.4 Å². The van der Waals surface area contributed by atoms with E-state index >= 15 is 0 Å². The molecule has 0 radical (unpaired) electrons. The van der Waals surface area contributed by atoms with Crippen LogP contribution in [0, 0.1) is 6.92 Å². The van der Waals surface area contributed by atoms with Gasteiger partial charge in [0, 0.05) is 29.1 Å². The zero-order valence-corrected chi connectivity index (χ0v) is 16.5. The van der Waals surface area contributed by atoms with E-state index in [4.69, 9.17) is 10.5 Å². The number of methoxy groups -OCH3 is 1. The summed E-state index contributed by atoms with van der Waals surface area (Å²) in [6.07, 6.45) is 1.55. The first-order valence-electron chi connectivity index (χ1n) is 9.41. The minimum absolute atomic E-state index is 0.254. The van der Waals surface area contributed by atoms with E-state index in [0.717, 1.165) is 53.2 Å². The first kappa shape index (κ1) is 19.5. The third kappa shape index (κ3) is 3.60. The van der Waals surface area contributed by atoms with Crippen molar-refractivity contribution < 1.29 is 14.6 Å². The van der Waals surface area contributed by atoms with E-state index in [1.165, 1.54) is 0 Å². The molecule has 0 aliphatic carbocycles. The van der Waals surface area contributed by atoms with Gasteiger partial charge >= 0.3 is 0 Å². The zero-order chi connectivity index (χ0) is 20.3. The molecule has 28 heavy (non-hydrogen) atoms. The number of carbonyl (C=O) groups is 1. The van der Waals surface area contributed by atoms with Crippen molar-refractivity contribution in [1.82, 2.24) is 4.57 Å². The van der Waals surface area contributed by atoms with Gasteiger partial charge in [0.2, 0.25) is 0 Å². The summed E-state index contributed by atoms with van der Waals surface area (Å²) >= 11 is 0. The van der Waals surface area contributed by atoms with Crippen molar-refractivity contribution >= 4 is 5.91 Å². The quantitative estimate of drug-likeness (QED) is 0.650. The second kappa shape index (κ2) is 8.21. The van der Waals surface area contributed by atoms with Crippen LogP contribution < -0.4 is 10.5 Å². The molecule has 2 aromatic carbocycles. The van der Waals surface area contributed by atoms with Gasteiger partial charge in [0.1, 0.15) is 11.5 Å². The molecule has 0 saturated carbocycles. The Bertz CT molecular complexity index is 988. The molecule has 0 spiro atoms. The summed E-state index contributed by atoms with van der Waals surface area (Å²) in [6.45, 7) is 4.74. The van der Waals surface area contributed by atoms with Gasteiger partial charge < -0.3 is 20.1 Å². The maximum atomic E-state index is 12.3. The van der Waals surface area contributed by atoms with Gasteiger partial charge in [-0.05, 0) is 43.5 Å². The number of ether oxygens (including phenoxy) is 1. The molecule has 1 heterocycles. The van der Waals surface area contributed by atoms with Crippen LogP contribution in [0.15, 0.2) is 48.5 Å². The highest BCUT2D eigenvalue weighted by Gasteiger charge is 2.25.